The largest absolute Gasteiger partial charge is 0.481 e. The molecule has 0 aliphatic rings. The number of nitrogens with two attached hydrogens (primary N) is 1. The molecule has 0 heterocycles. The summed E-state index contributed by atoms with van der Waals surface area (Å²) in [6.45, 7) is 7.22. The molecule has 9 nitrogen and oxygen atoms in total. The molecule has 0 fully saturated rings. The third-order valence-corrected chi connectivity index (χ3v) is 2.25. The Hall–Kier alpha value is -0.810. The molecule has 0 aromatic heterocycles. The molecule has 0 atom stereocenters. The molecule has 0 aromatic rings. The van der Waals surface area contributed by atoms with Crippen molar-refractivity contribution in [1.82, 2.24) is 4.90 Å². The van der Waals surface area contributed by atoms with Crippen LogP contribution >= 0.6 is 0 Å². The molecule has 0 rings (SSSR count). The SMILES string of the molecule is CC(=O)O.CO.COCCOCCCN.COCCOCCCN(C)C. The topological polar surface area (TPSA) is 124 Å². The fraction of sp³-hybridized carbons (Fsp3) is 0.941. The van der Waals surface area contributed by atoms with Crippen molar-refractivity contribution in [3.05, 3.63) is 0 Å². The van der Waals surface area contributed by atoms with Gasteiger partial charge in [0.2, 0.25) is 0 Å². The summed E-state index contributed by atoms with van der Waals surface area (Å²) in [5.74, 6) is -0.833. The predicted molar refractivity (Wildman–Crippen MR) is 104 cm³/mol. The average Bonchev–Trinajstić information content (AvgIpc) is 2.60. The van der Waals surface area contributed by atoms with Crippen LogP contribution in [0.1, 0.15) is 19.8 Å². The maximum atomic E-state index is 9.00. The van der Waals surface area contributed by atoms with E-state index >= 15 is 0 Å². The molecule has 0 unspecified atom stereocenters. The number of carboxylic acids is 1. The second kappa shape index (κ2) is 35.3. The lowest BCUT2D eigenvalue weighted by Gasteiger charge is -2.08. The molecular weight excluding hydrogens is 344 g/mol. The van der Waals surface area contributed by atoms with E-state index in [0.717, 1.165) is 46.6 Å². The molecule has 0 aliphatic heterocycles. The molecule has 0 aromatic carbocycles. The number of aliphatic hydroxyl groups excluding tert-OH is 1. The first-order valence-corrected chi connectivity index (χ1v) is 8.54. The van der Waals surface area contributed by atoms with Crippen LogP contribution in [0.25, 0.3) is 0 Å². The maximum absolute atomic E-state index is 9.00. The summed E-state index contributed by atoms with van der Waals surface area (Å²) < 4.78 is 20.0. The van der Waals surface area contributed by atoms with Gasteiger partial charge < -0.3 is 39.8 Å². The van der Waals surface area contributed by atoms with Gasteiger partial charge in [-0.15, -0.1) is 0 Å². The molecule has 26 heavy (non-hydrogen) atoms. The van der Waals surface area contributed by atoms with Crippen LogP contribution in [0.2, 0.25) is 0 Å². The van der Waals surface area contributed by atoms with E-state index in [2.05, 4.69) is 19.0 Å². The van der Waals surface area contributed by atoms with E-state index in [-0.39, 0.29) is 0 Å². The summed E-state index contributed by atoms with van der Waals surface area (Å²) in [6.07, 6.45) is 2.03. The van der Waals surface area contributed by atoms with Crippen molar-refractivity contribution >= 4 is 5.97 Å². The maximum Gasteiger partial charge on any atom is 0.300 e. The lowest BCUT2D eigenvalue weighted by atomic mass is 10.4. The van der Waals surface area contributed by atoms with Crippen LogP contribution in [-0.4, -0.2) is 109 Å². The van der Waals surface area contributed by atoms with E-state index in [1.54, 1.807) is 14.2 Å². The third-order valence-electron chi connectivity index (χ3n) is 2.25. The summed E-state index contributed by atoms with van der Waals surface area (Å²) in [4.78, 5) is 11.2. The predicted octanol–water partition coefficient (Wildman–Crippen LogP) is 0.299. The minimum absolute atomic E-state index is 0.671. The van der Waals surface area contributed by atoms with Crippen molar-refractivity contribution in [2.75, 3.05) is 88.2 Å². The summed E-state index contributed by atoms with van der Waals surface area (Å²) in [7, 11) is 8.47. The van der Waals surface area contributed by atoms with Crippen LogP contribution < -0.4 is 5.73 Å². The zero-order chi connectivity index (χ0) is 21.1. The molecule has 0 amide bonds. The van der Waals surface area contributed by atoms with Crippen LogP contribution in [0.5, 0.6) is 0 Å². The normalized spacial score (nSPS) is 9.27. The van der Waals surface area contributed by atoms with Gasteiger partial charge >= 0.3 is 0 Å². The first-order valence-electron chi connectivity index (χ1n) is 8.54. The highest BCUT2D eigenvalue weighted by Crippen LogP contribution is 1.85. The number of methoxy groups -OCH3 is 2. The Labute approximate surface area is 159 Å². The number of carbonyl (C=O) groups is 1. The third kappa shape index (κ3) is 65.6. The smallest absolute Gasteiger partial charge is 0.300 e. The van der Waals surface area contributed by atoms with E-state index in [0.29, 0.717) is 33.0 Å². The summed E-state index contributed by atoms with van der Waals surface area (Å²) in [5, 5.41) is 14.4. The summed E-state index contributed by atoms with van der Waals surface area (Å²) >= 11 is 0. The van der Waals surface area contributed by atoms with Gasteiger partial charge in [-0.2, -0.15) is 0 Å². The Balaban J connectivity index is -0.000000145. The fourth-order valence-corrected chi connectivity index (χ4v) is 1.16. The Morgan fingerprint density at radius 1 is 0.885 bits per heavy atom. The van der Waals surface area contributed by atoms with Crippen molar-refractivity contribution in [2.45, 2.75) is 19.8 Å². The number of ether oxygens (including phenoxy) is 4. The molecule has 0 saturated heterocycles. The monoisotopic (exact) mass is 386 g/mol. The average molecular weight is 387 g/mol. The molecule has 162 valence electrons. The Morgan fingerprint density at radius 2 is 1.27 bits per heavy atom. The van der Waals surface area contributed by atoms with Gasteiger partial charge in [-0.3, -0.25) is 4.79 Å². The number of rotatable bonds is 13. The molecular formula is C17H42N2O7. The number of hydrogen-bond acceptors (Lipinski definition) is 8. The van der Waals surface area contributed by atoms with Gasteiger partial charge in [0.25, 0.3) is 5.97 Å². The highest BCUT2D eigenvalue weighted by molar-refractivity contribution is 5.62. The fourth-order valence-electron chi connectivity index (χ4n) is 1.16. The van der Waals surface area contributed by atoms with Crippen molar-refractivity contribution in [3.8, 4) is 0 Å². The lowest BCUT2D eigenvalue weighted by molar-refractivity contribution is -0.134. The Morgan fingerprint density at radius 3 is 1.58 bits per heavy atom. The van der Waals surface area contributed by atoms with Crippen LogP contribution in [0.4, 0.5) is 0 Å². The zero-order valence-electron chi connectivity index (χ0n) is 17.5. The molecule has 4 N–H and O–H groups in total. The first-order chi connectivity index (χ1) is 12.4. The van der Waals surface area contributed by atoms with Crippen molar-refractivity contribution in [1.29, 1.82) is 0 Å². The number of hydrogen-bond donors (Lipinski definition) is 3. The molecule has 0 radical (unpaired) electrons. The van der Waals surface area contributed by atoms with Crippen molar-refractivity contribution in [2.24, 2.45) is 5.73 Å². The highest BCUT2D eigenvalue weighted by atomic mass is 16.5. The Bertz CT molecular complexity index is 223. The molecule has 0 bridgehead atoms. The summed E-state index contributed by atoms with van der Waals surface area (Å²) in [6, 6.07) is 0. The van der Waals surface area contributed by atoms with E-state index in [1.807, 2.05) is 0 Å². The minimum Gasteiger partial charge on any atom is -0.481 e. The standard InChI is InChI=1S/C8H19NO2.C6H15NO2.C2H4O2.CH4O/c1-9(2)5-4-6-11-8-7-10-3;1-8-5-6-9-4-2-3-7;1-2(3)4;1-2/h4-8H2,1-3H3;2-7H2,1H3;1H3,(H,3,4);2H,1H3. The zero-order valence-corrected chi connectivity index (χ0v) is 17.5. The molecule has 0 saturated carbocycles. The molecule has 0 spiro atoms. The van der Waals surface area contributed by atoms with Crippen molar-refractivity contribution in [3.63, 3.8) is 0 Å². The van der Waals surface area contributed by atoms with Gasteiger partial charge in [-0.25, -0.2) is 0 Å². The van der Waals surface area contributed by atoms with E-state index < -0.39 is 5.97 Å². The van der Waals surface area contributed by atoms with Crippen LogP contribution in [-0.2, 0) is 23.7 Å². The second-order valence-corrected chi connectivity index (χ2v) is 5.03. The van der Waals surface area contributed by atoms with Gasteiger partial charge in [0.05, 0.1) is 26.4 Å². The van der Waals surface area contributed by atoms with Gasteiger partial charge in [0.15, 0.2) is 0 Å². The minimum atomic E-state index is -0.833. The lowest BCUT2D eigenvalue weighted by Crippen LogP contribution is -2.15. The molecule has 9 heteroatoms. The van der Waals surface area contributed by atoms with Gasteiger partial charge in [-0.05, 0) is 40.0 Å². The first kappa shape index (κ1) is 32.8. The van der Waals surface area contributed by atoms with E-state index in [9.17, 15) is 0 Å². The number of aliphatic carboxylic acids is 1. The van der Waals surface area contributed by atoms with Crippen molar-refractivity contribution < 1.29 is 34.0 Å². The van der Waals surface area contributed by atoms with E-state index in [1.165, 1.54) is 0 Å². The van der Waals surface area contributed by atoms with Crippen LogP contribution in [0, 0.1) is 0 Å². The quantitative estimate of drug-likeness (QED) is 0.383. The van der Waals surface area contributed by atoms with Gasteiger partial charge in [0.1, 0.15) is 0 Å². The molecule has 0 aliphatic carbocycles. The van der Waals surface area contributed by atoms with Gasteiger partial charge in [0, 0.05) is 41.5 Å². The second-order valence-electron chi connectivity index (χ2n) is 5.03. The number of nitrogens with zero attached hydrogens (tertiary/aromatic N) is 1. The van der Waals surface area contributed by atoms with Gasteiger partial charge in [-0.1, -0.05) is 0 Å². The highest BCUT2D eigenvalue weighted by Gasteiger charge is 1.90. The van der Waals surface area contributed by atoms with Crippen LogP contribution in [0.3, 0.4) is 0 Å². The Kier molecular flexibility index (Phi) is 44.6. The number of aliphatic hydroxyl groups is 1. The van der Waals surface area contributed by atoms with E-state index in [4.69, 9.17) is 39.7 Å². The number of carboxylic acid groups (broad SMARTS) is 1. The van der Waals surface area contributed by atoms with Crippen LogP contribution in [0.15, 0.2) is 0 Å². The summed E-state index contributed by atoms with van der Waals surface area (Å²) in [5.41, 5.74) is 5.23.